The highest BCUT2D eigenvalue weighted by Crippen LogP contribution is 2.22. The second-order valence-corrected chi connectivity index (χ2v) is 4.50. The molecule has 0 aliphatic rings. The van der Waals surface area contributed by atoms with Crippen LogP contribution in [0, 0.1) is 5.92 Å². The van der Waals surface area contributed by atoms with Crippen molar-refractivity contribution in [3.05, 3.63) is 17.0 Å². The molecule has 5 heteroatoms. The summed E-state index contributed by atoms with van der Waals surface area (Å²) in [5.41, 5.74) is 0.686. The molecule has 0 radical (unpaired) electrons. The second kappa shape index (κ2) is 5.82. The molecule has 1 amide bonds. The number of carbonyl (C=O) groups excluding carboxylic acids is 1. The maximum atomic E-state index is 11.9. The molecule has 1 heterocycles. The van der Waals surface area contributed by atoms with Crippen molar-refractivity contribution in [2.24, 2.45) is 5.92 Å². The molecule has 0 saturated heterocycles. The van der Waals surface area contributed by atoms with Crippen LogP contribution in [0.5, 0.6) is 0 Å². The molecule has 1 aromatic rings. The molecule has 0 saturated carbocycles. The minimum atomic E-state index is -0.754. The maximum absolute atomic E-state index is 11.9. The summed E-state index contributed by atoms with van der Waals surface area (Å²) in [6, 6.07) is 0. The van der Waals surface area contributed by atoms with Crippen LogP contribution >= 0.6 is 0 Å². The minimum Gasteiger partial charge on any atom is -0.388 e. The van der Waals surface area contributed by atoms with Crippen LogP contribution in [0.15, 0.2) is 4.52 Å². The third kappa shape index (κ3) is 3.30. The van der Waals surface area contributed by atoms with Crippen LogP contribution < -0.4 is 5.32 Å². The first kappa shape index (κ1) is 13.7. The number of nitrogens with zero attached hydrogens (tertiary/aromatic N) is 1. The smallest absolute Gasteiger partial charge is 0.273 e. The summed E-state index contributed by atoms with van der Waals surface area (Å²) in [7, 11) is 0. The van der Waals surface area contributed by atoms with E-state index in [2.05, 4.69) is 10.5 Å². The van der Waals surface area contributed by atoms with Gasteiger partial charge in [-0.05, 0) is 12.8 Å². The van der Waals surface area contributed by atoms with Crippen molar-refractivity contribution in [2.75, 3.05) is 6.54 Å². The molecule has 0 aromatic carbocycles. The van der Waals surface area contributed by atoms with Crippen molar-refractivity contribution in [1.82, 2.24) is 10.5 Å². The first-order chi connectivity index (χ1) is 7.97. The van der Waals surface area contributed by atoms with E-state index in [0.717, 1.165) is 0 Å². The highest BCUT2D eigenvalue weighted by molar-refractivity contribution is 5.93. The van der Waals surface area contributed by atoms with E-state index in [9.17, 15) is 9.90 Å². The van der Waals surface area contributed by atoms with Crippen molar-refractivity contribution in [1.29, 1.82) is 0 Å². The Hall–Kier alpha value is -1.36. The number of aromatic nitrogens is 1. The lowest BCUT2D eigenvalue weighted by Gasteiger charge is -2.08. The number of aryl methyl sites for hydroxylation is 1. The van der Waals surface area contributed by atoms with Gasteiger partial charge < -0.3 is 14.9 Å². The van der Waals surface area contributed by atoms with Gasteiger partial charge in [0, 0.05) is 13.0 Å². The molecule has 1 rings (SSSR count). The molecule has 0 aliphatic carbocycles. The molecule has 17 heavy (non-hydrogen) atoms. The Labute approximate surface area is 101 Å². The van der Waals surface area contributed by atoms with Crippen LogP contribution in [-0.2, 0) is 6.42 Å². The molecular weight excluding hydrogens is 220 g/mol. The van der Waals surface area contributed by atoms with Crippen molar-refractivity contribution in [3.8, 4) is 0 Å². The van der Waals surface area contributed by atoms with Crippen LogP contribution in [0.2, 0.25) is 0 Å². The highest BCUT2D eigenvalue weighted by Gasteiger charge is 2.23. The Morgan fingerprint density at radius 1 is 1.47 bits per heavy atom. The predicted octanol–water partition coefficient (Wildman–Crippen LogP) is 1.68. The van der Waals surface area contributed by atoms with Crippen LogP contribution in [-0.4, -0.2) is 22.7 Å². The largest absolute Gasteiger partial charge is 0.388 e. The summed E-state index contributed by atoms with van der Waals surface area (Å²) in [5, 5.41) is 16.1. The van der Waals surface area contributed by atoms with E-state index in [0.29, 0.717) is 30.2 Å². The molecule has 1 unspecified atom stereocenters. The Bertz CT molecular complexity index is 383. The van der Waals surface area contributed by atoms with Gasteiger partial charge in [0.1, 0.15) is 5.76 Å². The predicted molar refractivity (Wildman–Crippen MR) is 63.7 cm³/mol. The molecule has 0 spiro atoms. The van der Waals surface area contributed by atoms with Gasteiger partial charge in [-0.25, -0.2) is 0 Å². The first-order valence-corrected chi connectivity index (χ1v) is 5.92. The molecule has 2 N–H and O–H groups in total. The molecular formula is C12H20N2O3. The highest BCUT2D eigenvalue weighted by atomic mass is 16.5. The van der Waals surface area contributed by atoms with Gasteiger partial charge in [0.2, 0.25) is 0 Å². The zero-order valence-electron chi connectivity index (χ0n) is 10.8. The number of aliphatic hydroxyl groups excluding tert-OH is 1. The second-order valence-electron chi connectivity index (χ2n) is 4.50. The molecule has 0 bridgehead atoms. The number of hydrogen-bond donors (Lipinski definition) is 2. The van der Waals surface area contributed by atoms with Gasteiger partial charge in [0.15, 0.2) is 5.69 Å². The van der Waals surface area contributed by atoms with Gasteiger partial charge in [0.05, 0.1) is 11.7 Å². The van der Waals surface area contributed by atoms with Gasteiger partial charge in [-0.1, -0.05) is 25.9 Å². The Morgan fingerprint density at radius 2 is 2.12 bits per heavy atom. The lowest BCUT2D eigenvalue weighted by atomic mass is 10.1. The topological polar surface area (TPSA) is 75.4 Å². The van der Waals surface area contributed by atoms with Gasteiger partial charge in [-0.15, -0.1) is 0 Å². The Morgan fingerprint density at radius 3 is 2.59 bits per heavy atom. The van der Waals surface area contributed by atoms with Crippen molar-refractivity contribution in [3.63, 3.8) is 0 Å². The average molecular weight is 240 g/mol. The summed E-state index contributed by atoms with van der Waals surface area (Å²) < 4.78 is 5.06. The third-order valence-electron chi connectivity index (χ3n) is 2.43. The van der Waals surface area contributed by atoms with Crippen LogP contribution in [0.1, 0.15) is 55.6 Å². The van der Waals surface area contributed by atoms with Crippen LogP contribution in [0.4, 0.5) is 0 Å². The number of rotatable bonds is 5. The molecule has 96 valence electrons. The number of amides is 1. The van der Waals surface area contributed by atoms with E-state index < -0.39 is 6.10 Å². The maximum Gasteiger partial charge on any atom is 0.273 e. The molecule has 5 nitrogen and oxygen atoms in total. The zero-order chi connectivity index (χ0) is 13.0. The molecule has 1 aromatic heterocycles. The number of aliphatic hydroxyl groups is 1. The Balaban J connectivity index is 2.90. The minimum absolute atomic E-state index is 0.192. The van der Waals surface area contributed by atoms with Gasteiger partial charge in [0.25, 0.3) is 5.91 Å². The van der Waals surface area contributed by atoms with Crippen molar-refractivity contribution in [2.45, 2.75) is 40.2 Å². The monoisotopic (exact) mass is 240 g/mol. The van der Waals surface area contributed by atoms with Gasteiger partial charge in [-0.2, -0.15) is 0 Å². The lowest BCUT2D eigenvalue weighted by molar-refractivity contribution is 0.0934. The Kier molecular flexibility index (Phi) is 4.69. The summed E-state index contributed by atoms with van der Waals surface area (Å²) in [4.78, 5) is 11.9. The van der Waals surface area contributed by atoms with Gasteiger partial charge >= 0.3 is 0 Å². The van der Waals surface area contributed by atoms with E-state index in [1.807, 2.05) is 20.8 Å². The fourth-order valence-electron chi connectivity index (χ4n) is 1.56. The van der Waals surface area contributed by atoms with Crippen molar-refractivity contribution >= 4 is 5.91 Å². The van der Waals surface area contributed by atoms with E-state index in [1.165, 1.54) is 0 Å². The van der Waals surface area contributed by atoms with Crippen LogP contribution in [0.3, 0.4) is 0 Å². The van der Waals surface area contributed by atoms with E-state index in [4.69, 9.17) is 4.52 Å². The average Bonchev–Trinajstić information content (AvgIpc) is 2.69. The van der Waals surface area contributed by atoms with E-state index in [-0.39, 0.29) is 11.6 Å². The molecule has 0 aliphatic heterocycles. The number of hydrogen-bond acceptors (Lipinski definition) is 4. The normalized spacial score (nSPS) is 12.8. The summed E-state index contributed by atoms with van der Waals surface area (Å²) >= 11 is 0. The van der Waals surface area contributed by atoms with Crippen molar-refractivity contribution < 1.29 is 14.4 Å². The SMILES string of the molecule is CCc1onc(C(=O)NCC(C)C)c1C(C)O. The summed E-state index contributed by atoms with van der Waals surface area (Å²) in [5.74, 6) is 0.638. The third-order valence-corrected chi connectivity index (χ3v) is 2.43. The molecule has 0 fully saturated rings. The molecule has 1 atom stereocenters. The fraction of sp³-hybridized carbons (Fsp3) is 0.667. The quantitative estimate of drug-likeness (QED) is 0.821. The van der Waals surface area contributed by atoms with E-state index >= 15 is 0 Å². The number of nitrogens with one attached hydrogen (secondary N) is 1. The van der Waals surface area contributed by atoms with E-state index in [1.54, 1.807) is 6.92 Å². The lowest BCUT2D eigenvalue weighted by Crippen LogP contribution is -2.28. The fourth-order valence-corrected chi connectivity index (χ4v) is 1.56. The standard InChI is InChI=1S/C12H20N2O3/c1-5-9-10(8(4)15)11(14-17-9)12(16)13-6-7(2)3/h7-8,15H,5-6H2,1-4H3,(H,13,16). The summed E-state index contributed by atoms with van der Waals surface area (Å²) in [6.45, 7) is 8.09. The number of carbonyl (C=O) groups is 1. The van der Waals surface area contributed by atoms with Crippen LogP contribution in [0.25, 0.3) is 0 Å². The first-order valence-electron chi connectivity index (χ1n) is 5.92. The van der Waals surface area contributed by atoms with Gasteiger partial charge in [-0.3, -0.25) is 4.79 Å². The summed E-state index contributed by atoms with van der Waals surface area (Å²) in [6.07, 6.45) is -0.152. The zero-order valence-corrected chi connectivity index (χ0v) is 10.8.